The molecule has 0 aromatic heterocycles. The van der Waals surface area contributed by atoms with E-state index in [-0.39, 0.29) is 11.5 Å². The first-order chi connectivity index (χ1) is 11.7. The van der Waals surface area contributed by atoms with Crippen LogP contribution in [0.5, 0.6) is 0 Å². The minimum Gasteiger partial charge on any atom is -0.390 e. The van der Waals surface area contributed by atoms with Crippen molar-refractivity contribution in [2.24, 2.45) is 0 Å². The number of nitrogens with zero attached hydrogens (tertiary/aromatic N) is 3. The van der Waals surface area contributed by atoms with Crippen LogP contribution in [0, 0.1) is 11.3 Å². The summed E-state index contributed by atoms with van der Waals surface area (Å²) in [7, 11) is 0. The van der Waals surface area contributed by atoms with Gasteiger partial charge in [0.15, 0.2) is 0 Å². The van der Waals surface area contributed by atoms with Gasteiger partial charge < -0.3 is 20.9 Å². The number of hydrogen-bond acceptors (Lipinski definition) is 6. The van der Waals surface area contributed by atoms with Gasteiger partial charge in [-0.1, -0.05) is 13.8 Å². The molecule has 0 spiro atoms. The van der Waals surface area contributed by atoms with Gasteiger partial charge in [-0.3, -0.25) is 9.69 Å². The predicted octanol–water partition coefficient (Wildman–Crippen LogP) is -0.263. The molecule has 24 heavy (non-hydrogen) atoms. The molecule has 1 aliphatic rings. The van der Waals surface area contributed by atoms with Gasteiger partial charge in [-0.2, -0.15) is 5.26 Å². The first-order valence-electron chi connectivity index (χ1n) is 8.98. The summed E-state index contributed by atoms with van der Waals surface area (Å²) < 4.78 is 0. The van der Waals surface area contributed by atoms with Gasteiger partial charge in [0, 0.05) is 52.0 Å². The van der Waals surface area contributed by atoms with Crippen LogP contribution in [0.4, 0.5) is 0 Å². The van der Waals surface area contributed by atoms with Crippen molar-refractivity contribution >= 4 is 5.91 Å². The van der Waals surface area contributed by atoms with E-state index in [1.165, 1.54) is 6.20 Å². The lowest BCUT2D eigenvalue weighted by Crippen LogP contribution is -2.46. The molecule has 7 heteroatoms. The van der Waals surface area contributed by atoms with Crippen LogP contribution < -0.4 is 16.0 Å². The fourth-order valence-electron chi connectivity index (χ4n) is 2.62. The number of piperazine rings is 1. The second-order valence-electron chi connectivity index (χ2n) is 5.85. The molecule has 1 rings (SSSR count). The highest BCUT2D eigenvalue weighted by Crippen LogP contribution is 1.94. The van der Waals surface area contributed by atoms with Gasteiger partial charge in [-0.15, -0.1) is 0 Å². The maximum Gasteiger partial charge on any atom is 0.263 e. The number of rotatable bonds is 11. The van der Waals surface area contributed by atoms with E-state index >= 15 is 0 Å². The smallest absolute Gasteiger partial charge is 0.263 e. The van der Waals surface area contributed by atoms with Crippen molar-refractivity contribution in [3.63, 3.8) is 0 Å². The lowest BCUT2D eigenvalue weighted by Gasteiger charge is -2.27. The van der Waals surface area contributed by atoms with Crippen LogP contribution in [0.25, 0.3) is 0 Å². The van der Waals surface area contributed by atoms with Crippen molar-refractivity contribution in [3.05, 3.63) is 11.8 Å². The maximum absolute atomic E-state index is 12.0. The Morgan fingerprint density at radius 3 is 2.62 bits per heavy atom. The number of carbonyl (C=O) groups excluding carboxylic acids is 1. The van der Waals surface area contributed by atoms with E-state index in [9.17, 15) is 4.79 Å². The summed E-state index contributed by atoms with van der Waals surface area (Å²) >= 11 is 0. The Labute approximate surface area is 146 Å². The van der Waals surface area contributed by atoms with Crippen molar-refractivity contribution in [3.8, 4) is 6.07 Å². The molecule has 0 atom stereocenters. The zero-order chi connectivity index (χ0) is 17.6. The Bertz CT molecular complexity index is 421. The molecule has 0 aromatic carbocycles. The van der Waals surface area contributed by atoms with E-state index < -0.39 is 0 Å². The fraction of sp³-hybridized carbons (Fsp3) is 0.765. The molecule has 0 aliphatic carbocycles. The number of nitriles is 1. The standard InChI is InChI=1S/C17H32N6O/c1-3-22(4-2)10-5-6-20-15-16(14-18)17(24)21-9-13-23-11-7-19-8-12-23/h15,19-20H,3-13H2,1-2H3,(H,21,24)/b16-15-. The second kappa shape index (κ2) is 12.8. The number of hydrogen-bond donors (Lipinski definition) is 3. The highest BCUT2D eigenvalue weighted by Gasteiger charge is 2.11. The lowest BCUT2D eigenvalue weighted by molar-refractivity contribution is -0.117. The zero-order valence-corrected chi connectivity index (χ0v) is 15.1. The van der Waals surface area contributed by atoms with E-state index in [1.54, 1.807) is 0 Å². The topological polar surface area (TPSA) is 83.4 Å². The summed E-state index contributed by atoms with van der Waals surface area (Å²) in [6.45, 7) is 13.6. The third kappa shape index (κ3) is 8.29. The van der Waals surface area contributed by atoms with Crippen molar-refractivity contribution in [2.45, 2.75) is 20.3 Å². The molecule has 7 nitrogen and oxygen atoms in total. The molecule has 0 unspecified atom stereocenters. The average molecular weight is 336 g/mol. The van der Waals surface area contributed by atoms with E-state index in [1.807, 2.05) is 6.07 Å². The monoisotopic (exact) mass is 336 g/mol. The molecule has 3 N–H and O–H groups in total. The largest absolute Gasteiger partial charge is 0.390 e. The van der Waals surface area contributed by atoms with Gasteiger partial charge in [0.1, 0.15) is 11.6 Å². The second-order valence-corrected chi connectivity index (χ2v) is 5.85. The van der Waals surface area contributed by atoms with Gasteiger partial charge in [0.2, 0.25) is 0 Å². The van der Waals surface area contributed by atoms with Crippen LogP contribution in [0.2, 0.25) is 0 Å². The third-order valence-corrected chi connectivity index (χ3v) is 4.22. The van der Waals surface area contributed by atoms with Crippen LogP contribution in [0.1, 0.15) is 20.3 Å². The molecule has 0 radical (unpaired) electrons. The summed E-state index contributed by atoms with van der Waals surface area (Å²) in [4.78, 5) is 16.6. The van der Waals surface area contributed by atoms with Crippen LogP contribution in [0.3, 0.4) is 0 Å². The first kappa shape index (κ1) is 20.4. The van der Waals surface area contributed by atoms with Gasteiger partial charge >= 0.3 is 0 Å². The number of nitrogens with one attached hydrogen (secondary N) is 3. The fourth-order valence-corrected chi connectivity index (χ4v) is 2.62. The van der Waals surface area contributed by atoms with Gasteiger partial charge in [0.25, 0.3) is 5.91 Å². The molecule has 1 aliphatic heterocycles. The van der Waals surface area contributed by atoms with Gasteiger partial charge in [-0.05, 0) is 26.1 Å². The van der Waals surface area contributed by atoms with E-state index in [0.717, 1.165) is 65.3 Å². The first-order valence-corrected chi connectivity index (χ1v) is 8.98. The summed E-state index contributed by atoms with van der Waals surface area (Å²) in [5.41, 5.74) is 0.137. The van der Waals surface area contributed by atoms with E-state index in [4.69, 9.17) is 5.26 Å². The Morgan fingerprint density at radius 2 is 2.00 bits per heavy atom. The number of carbonyl (C=O) groups is 1. The molecule has 1 amide bonds. The molecule has 0 bridgehead atoms. The summed E-state index contributed by atoms with van der Waals surface area (Å²) in [5, 5.41) is 18.3. The summed E-state index contributed by atoms with van der Waals surface area (Å²) in [5.74, 6) is -0.302. The Hall–Kier alpha value is -1.62. The molecular formula is C17H32N6O. The molecule has 1 fully saturated rings. The minimum atomic E-state index is -0.302. The Balaban J connectivity index is 2.20. The Kier molecular flexibility index (Phi) is 10.9. The molecule has 0 aromatic rings. The van der Waals surface area contributed by atoms with Crippen LogP contribution in [-0.4, -0.2) is 81.2 Å². The van der Waals surface area contributed by atoms with Gasteiger partial charge in [0.05, 0.1) is 0 Å². The molecule has 1 heterocycles. The molecule has 1 saturated heterocycles. The third-order valence-electron chi connectivity index (χ3n) is 4.22. The summed E-state index contributed by atoms with van der Waals surface area (Å²) in [6, 6.07) is 1.96. The predicted molar refractivity (Wildman–Crippen MR) is 96.4 cm³/mol. The van der Waals surface area contributed by atoms with Crippen molar-refractivity contribution < 1.29 is 4.79 Å². The number of amides is 1. The minimum absolute atomic E-state index is 0.137. The quantitative estimate of drug-likeness (QED) is 0.274. The molecular weight excluding hydrogens is 304 g/mol. The Morgan fingerprint density at radius 1 is 1.29 bits per heavy atom. The molecule has 136 valence electrons. The van der Waals surface area contributed by atoms with Crippen LogP contribution >= 0.6 is 0 Å². The van der Waals surface area contributed by atoms with Crippen LogP contribution in [0.15, 0.2) is 11.8 Å². The highest BCUT2D eigenvalue weighted by atomic mass is 16.1. The summed E-state index contributed by atoms with van der Waals surface area (Å²) in [6.07, 6.45) is 2.52. The normalized spacial score (nSPS) is 16.0. The van der Waals surface area contributed by atoms with E-state index in [2.05, 4.69) is 39.6 Å². The highest BCUT2D eigenvalue weighted by molar-refractivity contribution is 5.97. The SMILES string of the molecule is CCN(CC)CCCN/C=C(/C#N)C(=O)NCCN1CCNCC1. The van der Waals surface area contributed by atoms with Crippen molar-refractivity contribution in [1.29, 1.82) is 5.26 Å². The zero-order valence-electron chi connectivity index (χ0n) is 15.1. The lowest BCUT2D eigenvalue weighted by atomic mass is 10.3. The van der Waals surface area contributed by atoms with Gasteiger partial charge in [-0.25, -0.2) is 0 Å². The van der Waals surface area contributed by atoms with E-state index in [0.29, 0.717) is 6.54 Å². The average Bonchev–Trinajstić information content (AvgIpc) is 2.62. The van der Waals surface area contributed by atoms with Crippen LogP contribution in [-0.2, 0) is 4.79 Å². The molecule has 0 saturated carbocycles. The van der Waals surface area contributed by atoms with Crippen molar-refractivity contribution in [2.75, 3.05) is 65.4 Å². The van der Waals surface area contributed by atoms with Crippen molar-refractivity contribution in [1.82, 2.24) is 25.8 Å². The maximum atomic E-state index is 12.0.